The van der Waals surface area contributed by atoms with Crippen molar-refractivity contribution >= 4 is 322 Å². The lowest BCUT2D eigenvalue weighted by Crippen LogP contribution is -1.99. The Morgan fingerprint density at radius 2 is 0.399 bits per heavy atom. The van der Waals surface area contributed by atoms with Crippen molar-refractivity contribution < 1.29 is 0 Å². The Bertz CT molecular complexity index is 11200. The highest BCUT2D eigenvalue weighted by Gasteiger charge is 2.25. The summed E-state index contributed by atoms with van der Waals surface area (Å²) in [7, 11) is 0. The predicted molar refractivity (Wildman–Crippen MR) is 614 cm³/mol. The molecule has 15 heterocycles. The number of imidazole rings is 5. The highest BCUT2D eigenvalue weighted by atomic mass is 32.1. The van der Waals surface area contributed by atoms with Gasteiger partial charge < -0.3 is 0 Å². The summed E-state index contributed by atoms with van der Waals surface area (Å²) in [6.07, 6.45) is 3.28. The number of hydrogen-bond donors (Lipinski definition) is 0. The Labute approximate surface area is 840 Å². The Kier molecular flexibility index (Phi) is 17.5. The molecule has 0 aliphatic carbocycles. The number of para-hydroxylation sites is 13. The quantitative estimate of drug-likeness (QED) is 0.104. The van der Waals surface area contributed by atoms with E-state index < -0.39 is 0 Å². The van der Waals surface area contributed by atoms with Gasteiger partial charge >= 0.3 is 0 Å². The summed E-state index contributed by atoms with van der Waals surface area (Å²) in [5, 5.41) is 33.7. The molecule has 0 aliphatic heterocycles. The summed E-state index contributed by atoms with van der Waals surface area (Å²) >= 11 is 1.87. The second-order valence-electron chi connectivity index (χ2n) is 38.2. The van der Waals surface area contributed by atoms with Crippen molar-refractivity contribution in [2.45, 2.75) is 0 Å². The molecule has 148 heavy (non-hydrogen) atoms. The van der Waals surface area contributed by atoms with Crippen molar-refractivity contribution in [2.75, 3.05) is 0 Å². The van der Waals surface area contributed by atoms with Crippen molar-refractivity contribution in [2.24, 2.45) is 0 Å². The average Bonchev–Trinajstić information content (AvgIpc) is 1.61. The molecule has 0 spiro atoms. The Balaban J connectivity index is 0.0000000821. The van der Waals surface area contributed by atoms with Crippen LogP contribution in [0.25, 0.3) is 310 Å². The minimum absolute atomic E-state index is 0.527. The maximum Gasteiger partial charge on any atom is 0.199 e. The van der Waals surface area contributed by atoms with Crippen LogP contribution >= 0.6 is 11.3 Å². The van der Waals surface area contributed by atoms with Gasteiger partial charge in [0.15, 0.2) is 22.6 Å². The van der Waals surface area contributed by atoms with E-state index in [-0.39, 0.29) is 0 Å². The second-order valence-corrected chi connectivity index (χ2v) is 39.3. The van der Waals surface area contributed by atoms with Crippen molar-refractivity contribution in [3.63, 3.8) is 0 Å². The summed E-state index contributed by atoms with van der Waals surface area (Å²) in [5.74, 6) is 0. The summed E-state index contributed by atoms with van der Waals surface area (Å²) in [6.45, 7) is 0. The smallest absolute Gasteiger partial charge is 0.199 e. The molecule has 0 aliphatic rings. The maximum atomic E-state index is 5.10. The van der Waals surface area contributed by atoms with E-state index in [0.29, 0.717) is 11.3 Å². The van der Waals surface area contributed by atoms with E-state index in [2.05, 4.69) is 390 Å². The van der Waals surface area contributed by atoms with Gasteiger partial charge in [0.1, 0.15) is 44.9 Å². The molecule has 0 saturated carbocycles. The predicted octanol–water partition coefficient (Wildman–Crippen LogP) is 32.5. The third-order valence-corrected chi connectivity index (χ3v) is 31.0. The molecule has 0 N–H and O–H groups in total. The number of thiophene rings is 1. The number of rotatable bonds is 0. The molecular formula is C130H73N17S. The van der Waals surface area contributed by atoms with E-state index in [1.54, 1.807) is 12.4 Å². The van der Waals surface area contributed by atoms with E-state index in [4.69, 9.17) is 49.8 Å². The van der Waals surface area contributed by atoms with Gasteiger partial charge in [-0.3, -0.25) is 22.0 Å². The fourth-order valence-corrected chi connectivity index (χ4v) is 24.2. The molecule has 684 valence electrons. The topological polar surface area (TPSA) is 177 Å². The first-order valence-electron chi connectivity index (χ1n) is 49.5. The van der Waals surface area contributed by atoms with Crippen LogP contribution in [0.3, 0.4) is 0 Å². The van der Waals surface area contributed by atoms with Crippen LogP contribution in [0.4, 0.5) is 0 Å². The van der Waals surface area contributed by atoms with Crippen molar-refractivity contribution in [3.8, 4) is 0 Å². The molecule has 0 saturated heterocycles. The van der Waals surface area contributed by atoms with Crippen LogP contribution in [-0.4, -0.2) is 81.8 Å². The SMILES string of the molecule is c1ccc2cc3c(cc2c1)c1cc2ccccc2cc1n1c2ccccc2nc31.c1ccc2cc3c(cc2c1)c1cc2ccccc2nc1n1c2ccccc2nc31.c1ccc2cc3c(cc2c1)c1cc2sc4ccccc4c2cc1n1c2ccccc2nc31.c1ccc2cc3c(cc2c1)c1nc2ccccc2nc1n1c2ccccc2nc31.c1ccc2cc3c(cc2c1)c1nc2nccnc2nc1n1c2ccccc2nc31. The van der Waals surface area contributed by atoms with Crippen molar-refractivity contribution in [1.82, 2.24) is 81.8 Å². The van der Waals surface area contributed by atoms with Crippen LogP contribution < -0.4 is 0 Å². The molecule has 36 aromatic rings. The van der Waals surface area contributed by atoms with E-state index >= 15 is 0 Å². The number of pyridine rings is 6. The standard InChI is InChI=1S/C29H16N2S.C27H16N2.C26H15N3.C25H14N4.C23H12N6/c1-2-8-18-14-23-20(13-17(18)7-1)21-16-28-22(19-9-3-6-12-27(19)32-28)15-26(21)31-25-11-5-4-10-24(25)30-29(23)31;1-2-9-19-15-23-21(13-17(19)7-1)22-14-18-8-3-4-10-20(18)16-26(22)29-25-12-6-5-11-24(25)28-27(23)29;1-2-8-17-14-20-19(13-16(17)7-1)21-15-18-9-3-4-10-22(18)27-25(21)29-24-12-6-5-11-23(24)28-26(20)29;1-2-8-16-14-18-17(13-15(16)7-1)23-25(27-20-10-4-3-9-19(20)26-23)29-22-12-6-5-11-21(22)28-24(18)29;1-2-6-14-12-16-15(11-13(14)5-1)19-23(28-21-20(27-19)24-9-10-25-21)29-18-8-4-3-7-17(18)26-22(16)29/h1-16H;1-16H;1-15H;1-14H;1-12H. The van der Waals surface area contributed by atoms with Gasteiger partial charge in [-0.1, -0.05) is 255 Å². The van der Waals surface area contributed by atoms with Crippen LogP contribution in [0.1, 0.15) is 0 Å². The fourth-order valence-electron chi connectivity index (χ4n) is 23.1. The van der Waals surface area contributed by atoms with Gasteiger partial charge in [-0.2, -0.15) is 0 Å². The lowest BCUT2D eigenvalue weighted by atomic mass is 9.98. The molecule has 0 bridgehead atoms. The van der Waals surface area contributed by atoms with Gasteiger partial charge in [-0.05, 0) is 257 Å². The molecule has 0 radical (unpaired) electrons. The Hall–Kier alpha value is -20.1. The first-order valence-corrected chi connectivity index (χ1v) is 50.3. The fraction of sp³-hybridized carbons (Fsp3) is 0. The average molecular weight is 1910 g/mol. The van der Waals surface area contributed by atoms with Crippen LogP contribution in [-0.2, 0) is 0 Å². The Morgan fingerprint density at radius 3 is 0.824 bits per heavy atom. The van der Waals surface area contributed by atoms with E-state index in [1.165, 1.54) is 128 Å². The minimum Gasteiger partial charge on any atom is -0.292 e. The zero-order valence-electron chi connectivity index (χ0n) is 78.7. The summed E-state index contributed by atoms with van der Waals surface area (Å²) in [6, 6.07) is 152. The first-order chi connectivity index (χ1) is 73.3. The number of fused-ring (bicyclic) bond motifs is 52. The zero-order chi connectivity index (χ0) is 96.6. The summed E-state index contributed by atoms with van der Waals surface area (Å²) < 4.78 is 13.8. The van der Waals surface area contributed by atoms with Gasteiger partial charge in [0.25, 0.3) is 0 Å². The van der Waals surface area contributed by atoms with E-state index in [9.17, 15) is 0 Å². The maximum absolute atomic E-state index is 5.10. The molecule has 0 amide bonds. The molecule has 21 aromatic carbocycles. The third-order valence-electron chi connectivity index (χ3n) is 29.9. The third kappa shape index (κ3) is 12.5. The number of hydrogen-bond acceptors (Lipinski definition) is 13. The molecule has 0 fully saturated rings. The highest BCUT2D eigenvalue weighted by Crippen LogP contribution is 2.46. The second kappa shape index (κ2) is 31.7. The zero-order valence-corrected chi connectivity index (χ0v) is 79.5. The van der Waals surface area contributed by atoms with Gasteiger partial charge in [0.2, 0.25) is 0 Å². The molecule has 0 unspecified atom stereocenters. The van der Waals surface area contributed by atoms with Crippen LogP contribution in [0, 0.1) is 0 Å². The normalized spacial score (nSPS) is 12.2. The van der Waals surface area contributed by atoms with Crippen LogP contribution in [0.2, 0.25) is 0 Å². The lowest BCUT2D eigenvalue weighted by molar-refractivity contribution is 1.16. The molecule has 18 heteroatoms. The molecule has 15 aromatic heterocycles. The largest absolute Gasteiger partial charge is 0.292 e. The molecule has 0 atom stereocenters. The summed E-state index contributed by atoms with van der Waals surface area (Å²) in [4.78, 5) is 58.6. The van der Waals surface area contributed by atoms with Crippen LogP contribution in [0.15, 0.2) is 443 Å². The molecular weight excluding hydrogens is 1830 g/mol. The molecule has 36 rings (SSSR count). The van der Waals surface area contributed by atoms with Gasteiger partial charge in [0.05, 0.1) is 82.8 Å². The summed E-state index contributed by atoms with van der Waals surface area (Å²) in [5.41, 5.74) is 25.7. The number of nitrogens with zero attached hydrogens (tertiary/aromatic N) is 17. The van der Waals surface area contributed by atoms with Gasteiger partial charge in [-0.15, -0.1) is 11.3 Å². The highest BCUT2D eigenvalue weighted by molar-refractivity contribution is 7.26. The monoisotopic (exact) mass is 1900 g/mol. The van der Waals surface area contributed by atoms with E-state index in [0.717, 1.165) is 171 Å². The lowest BCUT2D eigenvalue weighted by Gasteiger charge is -2.12. The number of aromatic nitrogens is 17. The van der Waals surface area contributed by atoms with Gasteiger partial charge in [-0.25, -0.2) is 59.8 Å². The van der Waals surface area contributed by atoms with Gasteiger partial charge in [0, 0.05) is 91.8 Å². The van der Waals surface area contributed by atoms with Crippen molar-refractivity contribution in [1.29, 1.82) is 0 Å². The van der Waals surface area contributed by atoms with Crippen LogP contribution in [0.5, 0.6) is 0 Å². The number of benzene rings is 21. The van der Waals surface area contributed by atoms with E-state index in [1.807, 2.05) is 84.1 Å². The molecule has 17 nitrogen and oxygen atoms in total. The Morgan fingerprint density at radius 1 is 0.142 bits per heavy atom. The first kappa shape index (κ1) is 81.6. The van der Waals surface area contributed by atoms with Crippen molar-refractivity contribution in [3.05, 3.63) is 443 Å². The minimum atomic E-state index is 0.527.